The van der Waals surface area contributed by atoms with Crippen LogP contribution in [0.2, 0.25) is 0 Å². The van der Waals surface area contributed by atoms with Crippen LogP contribution in [-0.4, -0.2) is 36.9 Å². The number of carbonyl (C=O) groups excluding carboxylic acids is 1. The van der Waals surface area contributed by atoms with Crippen molar-refractivity contribution in [2.75, 3.05) is 25.7 Å². The molecule has 0 fully saturated rings. The van der Waals surface area contributed by atoms with Gasteiger partial charge in [-0.25, -0.2) is 0 Å². The number of carbonyl (C=O) groups is 1. The molecule has 0 unspecified atom stereocenters. The second-order valence-electron chi connectivity index (χ2n) is 3.21. The minimum absolute atomic E-state index is 0.393. The Bertz CT molecular complexity index is 345. The molecule has 1 aromatic rings. The predicted molar refractivity (Wildman–Crippen MR) is 66.3 cm³/mol. The number of nitrogens with zero attached hydrogens (tertiary/aromatic N) is 1. The van der Waals surface area contributed by atoms with E-state index in [-0.39, 0.29) is 0 Å². The van der Waals surface area contributed by atoms with Crippen LogP contribution in [0.15, 0.2) is 12.3 Å². The van der Waals surface area contributed by atoms with E-state index in [1.807, 2.05) is 0 Å². The van der Waals surface area contributed by atoms with Gasteiger partial charge < -0.3 is 10.1 Å². The average molecular weight is 240 g/mol. The van der Waals surface area contributed by atoms with Crippen LogP contribution in [0.1, 0.15) is 16.1 Å². The second-order valence-corrected chi connectivity index (χ2v) is 4.19. The number of hydrogen-bond acceptors (Lipinski definition) is 5. The van der Waals surface area contributed by atoms with Crippen LogP contribution in [0, 0.1) is 0 Å². The molecular weight excluding hydrogens is 224 g/mol. The fraction of sp³-hybridized carbons (Fsp3) is 0.455. The van der Waals surface area contributed by atoms with Crippen LogP contribution >= 0.6 is 11.8 Å². The van der Waals surface area contributed by atoms with Crippen LogP contribution in [0.3, 0.4) is 0 Å². The number of aromatic nitrogens is 1. The SMILES string of the molecule is COc1cc(C=O)ncc1CNCCSC. The lowest BCUT2D eigenvalue weighted by molar-refractivity contribution is 0.111. The van der Waals surface area contributed by atoms with Gasteiger partial charge in [-0.15, -0.1) is 0 Å². The van der Waals surface area contributed by atoms with E-state index in [4.69, 9.17) is 4.74 Å². The third kappa shape index (κ3) is 3.83. The van der Waals surface area contributed by atoms with Crippen molar-refractivity contribution in [3.63, 3.8) is 0 Å². The van der Waals surface area contributed by atoms with Gasteiger partial charge in [0.25, 0.3) is 0 Å². The van der Waals surface area contributed by atoms with Gasteiger partial charge in [0.05, 0.1) is 7.11 Å². The minimum Gasteiger partial charge on any atom is -0.496 e. The van der Waals surface area contributed by atoms with E-state index >= 15 is 0 Å². The highest BCUT2D eigenvalue weighted by Gasteiger charge is 2.04. The van der Waals surface area contributed by atoms with E-state index in [0.717, 1.165) is 17.9 Å². The van der Waals surface area contributed by atoms with Gasteiger partial charge in [0.1, 0.15) is 11.4 Å². The Kier molecular flexibility index (Phi) is 5.88. The number of aldehydes is 1. The molecule has 0 bridgehead atoms. The van der Waals surface area contributed by atoms with Crippen molar-refractivity contribution in [1.29, 1.82) is 0 Å². The lowest BCUT2D eigenvalue weighted by Gasteiger charge is -2.09. The molecule has 0 spiro atoms. The number of rotatable bonds is 7. The summed E-state index contributed by atoms with van der Waals surface area (Å²) in [5.74, 6) is 1.77. The quantitative estimate of drug-likeness (QED) is 0.576. The van der Waals surface area contributed by atoms with Crippen LogP contribution in [0.4, 0.5) is 0 Å². The molecule has 0 amide bonds. The smallest absolute Gasteiger partial charge is 0.168 e. The zero-order valence-electron chi connectivity index (χ0n) is 9.53. The summed E-state index contributed by atoms with van der Waals surface area (Å²) in [6.07, 6.45) is 4.46. The molecular formula is C11H16N2O2S. The number of thioether (sulfide) groups is 1. The van der Waals surface area contributed by atoms with Crippen molar-refractivity contribution in [3.05, 3.63) is 23.5 Å². The summed E-state index contributed by atoms with van der Waals surface area (Å²) in [5, 5.41) is 3.29. The molecule has 0 aromatic carbocycles. The highest BCUT2D eigenvalue weighted by molar-refractivity contribution is 7.98. The van der Waals surface area contributed by atoms with Crippen molar-refractivity contribution >= 4 is 18.0 Å². The Labute approximate surface area is 99.8 Å². The third-order valence-corrected chi connectivity index (χ3v) is 2.72. The first-order valence-electron chi connectivity index (χ1n) is 4.99. The number of pyridine rings is 1. The summed E-state index contributed by atoms with van der Waals surface area (Å²) in [6, 6.07) is 1.65. The van der Waals surface area contributed by atoms with Crippen molar-refractivity contribution in [3.8, 4) is 5.75 Å². The molecule has 1 heterocycles. The van der Waals surface area contributed by atoms with Crippen molar-refractivity contribution < 1.29 is 9.53 Å². The van der Waals surface area contributed by atoms with E-state index in [2.05, 4.69) is 16.6 Å². The maximum atomic E-state index is 10.5. The van der Waals surface area contributed by atoms with Crippen LogP contribution in [0.25, 0.3) is 0 Å². The highest BCUT2D eigenvalue weighted by Crippen LogP contribution is 2.17. The molecule has 1 rings (SSSR count). The molecule has 0 atom stereocenters. The molecule has 1 N–H and O–H groups in total. The van der Waals surface area contributed by atoms with Gasteiger partial charge in [-0.1, -0.05) is 0 Å². The fourth-order valence-electron chi connectivity index (χ4n) is 1.26. The Hall–Kier alpha value is -1.07. The molecule has 1 aromatic heterocycles. The van der Waals surface area contributed by atoms with Gasteiger partial charge >= 0.3 is 0 Å². The van der Waals surface area contributed by atoms with Gasteiger partial charge in [-0.2, -0.15) is 11.8 Å². The molecule has 0 radical (unpaired) electrons. The van der Waals surface area contributed by atoms with Crippen molar-refractivity contribution in [2.24, 2.45) is 0 Å². The molecule has 16 heavy (non-hydrogen) atoms. The Morgan fingerprint density at radius 3 is 3.06 bits per heavy atom. The van der Waals surface area contributed by atoms with Crippen LogP contribution < -0.4 is 10.1 Å². The predicted octanol–water partition coefficient (Wildman–Crippen LogP) is 1.36. The summed E-state index contributed by atoms with van der Waals surface area (Å²) >= 11 is 1.80. The first-order valence-corrected chi connectivity index (χ1v) is 6.39. The average Bonchev–Trinajstić information content (AvgIpc) is 2.34. The Morgan fingerprint density at radius 2 is 2.44 bits per heavy atom. The first-order chi connectivity index (χ1) is 7.81. The van der Waals surface area contributed by atoms with Gasteiger partial charge in [-0.3, -0.25) is 9.78 Å². The van der Waals surface area contributed by atoms with Gasteiger partial charge in [0, 0.05) is 36.7 Å². The number of hydrogen-bond donors (Lipinski definition) is 1. The summed E-state index contributed by atoms with van der Waals surface area (Å²) in [5.41, 5.74) is 1.36. The number of nitrogens with one attached hydrogen (secondary N) is 1. The van der Waals surface area contributed by atoms with E-state index in [9.17, 15) is 4.79 Å². The second kappa shape index (κ2) is 7.24. The molecule has 0 aliphatic heterocycles. The first kappa shape index (κ1) is 13.0. The van der Waals surface area contributed by atoms with Crippen molar-refractivity contribution in [2.45, 2.75) is 6.54 Å². The lowest BCUT2D eigenvalue weighted by Crippen LogP contribution is -2.17. The van der Waals surface area contributed by atoms with Gasteiger partial charge in [0.2, 0.25) is 0 Å². The maximum absolute atomic E-state index is 10.5. The minimum atomic E-state index is 0.393. The van der Waals surface area contributed by atoms with E-state index in [1.54, 1.807) is 31.1 Å². The summed E-state index contributed by atoms with van der Waals surface area (Å²) in [7, 11) is 1.59. The molecule has 0 saturated carbocycles. The largest absolute Gasteiger partial charge is 0.496 e. The Balaban J connectivity index is 2.61. The normalized spacial score (nSPS) is 10.1. The van der Waals surface area contributed by atoms with E-state index in [0.29, 0.717) is 24.3 Å². The van der Waals surface area contributed by atoms with Gasteiger partial charge in [0.15, 0.2) is 6.29 Å². The maximum Gasteiger partial charge on any atom is 0.168 e. The molecule has 88 valence electrons. The molecule has 0 aliphatic carbocycles. The standard InChI is InChI=1S/C11H16N2O2S/c1-15-11-5-10(8-14)13-7-9(11)6-12-3-4-16-2/h5,7-8,12H,3-4,6H2,1-2H3. The third-order valence-electron chi connectivity index (χ3n) is 2.10. The molecule has 4 nitrogen and oxygen atoms in total. The fourth-order valence-corrected chi connectivity index (χ4v) is 1.61. The summed E-state index contributed by atoms with van der Waals surface area (Å²) < 4.78 is 5.20. The van der Waals surface area contributed by atoms with Crippen molar-refractivity contribution in [1.82, 2.24) is 10.3 Å². The molecule has 5 heteroatoms. The topological polar surface area (TPSA) is 51.2 Å². The monoisotopic (exact) mass is 240 g/mol. The zero-order valence-corrected chi connectivity index (χ0v) is 10.3. The van der Waals surface area contributed by atoms with Gasteiger partial charge in [-0.05, 0) is 6.26 Å². The van der Waals surface area contributed by atoms with E-state index in [1.165, 1.54) is 0 Å². The van der Waals surface area contributed by atoms with Crippen LogP contribution in [0.5, 0.6) is 5.75 Å². The lowest BCUT2D eigenvalue weighted by atomic mass is 10.2. The van der Waals surface area contributed by atoms with E-state index < -0.39 is 0 Å². The summed E-state index contributed by atoms with van der Waals surface area (Å²) in [4.78, 5) is 14.6. The molecule has 0 saturated heterocycles. The Morgan fingerprint density at radius 1 is 1.62 bits per heavy atom. The number of ether oxygens (including phenoxy) is 1. The number of methoxy groups -OCH3 is 1. The molecule has 0 aliphatic rings. The summed E-state index contributed by atoms with van der Waals surface area (Å²) in [6.45, 7) is 1.65. The van der Waals surface area contributed by atoms with Crippen LogP contribution in [-0.2, 0) is 6.54 Å². The highest BCUT2D eigenvalue weighted by atomic mass is 32.2. The zero-order chi connectivity index (χ0) is 11.8.